The minimum Gasteiger partial charge on any atom is -0.325 e. The molecule has 0 radical (unpaired) electrons. The molecule has 0 aromatic carbocycles. The van der Waals surface area contributed by atoms with E-state index in [0.717, 1.165) is 18.4 Å². The highest BCUT2D eigenvalue weighted by Crippen LogP contribution is 2.45. The maximum Gasteiger partial charge on any atom is 0.159 e. The number of hydrogen-bond donors (Lipinski definition) is 0. The van der Waals surface area contributed by atoms with Crippen LogP contribution in [0.25, 0.3) is 0 Å². The molecule has 2 aliphatic heterocycles. The lowest BCUT2D eigenvalue weighted by Crippen LogP contribution is -2.51. The van der Waals surface area contributed by atoms with Crippen molar-refractivity contribution < 1.29 is 8.78 Å². The van der Waals surface area contributed by atoms with Gasteiger partial charge in [-0.2, -0.15) is 0 Å². The molecule has 1 saturated carbocycles. The minimum atomic E-state index is -1.07. The van der Waals surface area contributed by atoms with Gasteiger partial charge in [0.2, 0.25) is 0 Å². The SMILES string of the molecule is C=C/C(=C\C(F)=C/C)C1CC(F)C2=NC(C(=C)C3CC3)N21. The summed E-state index contributed by atoms with van der Waals surface area (Å²) < 4.78 is 27.6. The zero-order valence-electron chi connectivity index (χ0n) is 12.2. The average Bonchev–Trinajstić information content (AvgIpc) is 3.23. The summed E-state index contributed by atoms with van der Waals surface area (Å²) in [5, 5.41) is 0. The molecule has 0 bridgehead atoms. The third-order valence-corrected chi connectivity index (χ3v) is 4.46. The second kappa shape index (κ2) is 5.24. The number of aliphatic imine (C=N–C) groups is 1. The summed E-state index contributed by atoms with van der Waals surface area (Å²) in [6, 6.07) is -0.198. The van der Waals surface area contributed by atoms with E-state index in [1.54, 1.807) is 13.0 Å². The van der Waals surface area contributed by atoms with Gasteiger partial charge in [-0.05, 0) is 42.9 Å². The lowest BCUT2D eigenvalue weighted by atomic mass is 10.0. The highest BCUT2D eigenvalue weighted by atomic mass is 19.1. The van der Waals surface area contributed by atoms with E-state index in [1.165, 1.54) is 12.2 Å². The number of fused-ring (bicyclic) bond motifs is 1. The molecule has 4 heteroatoms. The van der Waals surface area contributed by atoms with Crippen molar-refractivity contribution in [2.24, 2.45) is 10.9 Å². The Kier molecular flexibility index (Phi) is 3.56. The molecule has 21 heavy (non-hydrogen) atoms. The maximum absolute atomic E-state index is 14.1. The molecular weight excluding hydrogens is 270 g/mol. The van der Waals surface area contributed by atoms with Gasteiger partial charge in [-0.15, -0.1) is 0 Å². The first-order chi connectivity index (χ1) is 10.1. The van der Waals surface area contributed by atoms with E-state index in [-0.39, 0.29) is 18.0 Å². The monoisotopic (exact) mass is 290 g/mol. The van der Waals surface area contributed by atoms with E-state index in [2.05, 4.69) is 18.2 Å². The van der Waals surface area contributed by atoms with Gasteiger partial charge in [0, 0.05) is 6.42 Å². The van der Waals surface area contributed by atoms with Crippen LogP contribution in [-0.4, -0.2) is 29.1 Å². The van der Waals surface area contributed by atoms with Crippen LogP contribution < -0.4 is 0 Å². The Balaban J connectivity index is 1.86. The number of amidine groups is 1. The summed E-state index contributed by atoms with van der Waals surface area (Å²) in [7, 11) is 0. The van der Waals surface area contributed by atoms with Crippen molar-refractivity contribution >= 4 is 5.84 Å². The fourth-order valence-electron chi connectivity index (χ4n) is 3.07. The molecule has 112 valence electrons. The maximum atomic E-state index is 14.1. The Labute approximate surface area is 124 Å². The third-order valence-electron chi connectivity index (χ3n) is 4.46. The van der Waals surface area contributed by atoms with Crippen molar-refractivity contribution in [2.75, 3.05) is 0 Å². The number of halogens is 2. The van der Waals surface area contributed by atoms with E-state index < -0.39 is 6.17 Å². The van der Waals surface area contributed by atoms with Crippen molar-refractivity contribution in [3.05, 3.63) is 48.4 Å². The standard InChI is InChI=1S/C17H20F2N2/c1-4-11(8-13(18)5-2)15-9-14(19)17-20-16(21(15)17)10(3)12-6-7-12/h4-5,8,12,14-16H,1,3,6-7,9H2,2H3/b11-8+,13-5+. The predicted molar refractivity (Wildman–Crippen MR) is 81.4 cm³/mol. The molecule has 0 aromatic heterocycles. The van der Waals surface area contributed by atoms with Crippen molar-refractivity contribution in [3.8, 4) is 0 Å². The first kappa shape index (κ1) is 14.2. The first-order valence-electron chi connectivity index (χ1n) is 7.41. The van der Waals surface area contributed by atoms with Crippen molar-refractivity contribution in [1.29, 1.82) is 0 Å². The van der Waals surface area contributed by atoms with E-state index in [9.17, 15) is 8.78 Å². The second-order valence-electron chi connectivity index (χ2n) is 5.86. The molecular formula is C17H20F2N2. The highest BCUT2D eigenvalue weighted by Gasteiger charge is 2.50. The van der Waals surface area contributed by atoms with E-state index in [4.69, 9.17) is 0 Å². The molecule has 2 nitrogen and oxygen atoms in total. The molecule has 1 saturated heterocycles. The van der Waals surface area contributed by atoms with Crippen LogP contribution in [0.1, 0.15) is 26.2 Å². The number of alkyl halides is 1. The highest BCUT2D eigenvalue weighted by molar-refractivity contribution is 5.94. The van der Waals surface area contributed by atoms with Crippen LogP contribution in [-0.2, 0) is 0 Å². The summed E-state index contributed by atoms with van der Waals surface area (Å²) in [6.07, 6.45) is 5.82. The van der Waals surface area contributed by atoms with Crippen LogP contribution in [0, 0.1) is 5.92 Å². The largest absolute Gasteiger partial charge is 0.325 e. The zero-order chi connectivity index (χ0) is 15.1. The lowest BCUT2D eigenvalue weighted by molar-refractivity contribution is 0.273. The molecule has 0 amide bonds. The van der Waals surface area contributed by atoms with Gasteiger partial charge < -0.3 is 4.90 Å². The number of hydrogen-bond acceptors (Lipinski definition) is 2. The number of nitrogens with zero attached hydrogens (tertiary/aromatic N) is 2. The molecule has 3 aliphatic rings. The van der Waals surface area contributed by atoms with Gasteiger partial charge in [0.15, 0.2) is 6.17 Å². The smallest absolute Gasteiger partial charge is 0.159 e. The Morgan fingerprint density at radius 1 is 1.43 bits per heavy atom. The van der Waals surface area contributed by atoms with Gasteiger partial charge in [-0.1, -0.05) is 25.3 Å². The van der Waals surface area contributed by atoms with Gasteiger partial charge >= 0.3 is 0 Å². The molecule has 3 unspecified atom stereocenters. The van der Waals surface area contributed by atoms with Crippen LogP contribution in [0.3, 0.4) is 0 Å². The predicted octanol–water partition coefficient (Wildman–Crippen LogP) is 4.09. The molecule has 2 heterocycles. The van der Waals surface area contributed by atoms with Crippen LogP contribution in [0.2, 0.25) is 0 Å². The molecule has 0 N–H and O–H groups in total. The van der Waals surface area contributed by atoms with Crippen LogP contribution in [0.4, 0.5) is 8.78 Å². The second-order valence-corrected chi connectivity index (χ2v) is 5.86. The summed E-state index contributed by atoms with van der Waals surface area (Å²) >= 11 is 0. The summed E-state index contributed by atoms with van der Waals surface area (Å²) in [6.45, 7) is 9.50. The topological polar surface area (TPSA) is 15.6 Å². The molecule has 0 spiro atoms. The van der Waals surface area contributed by atoms with Crippen molar-refractivity contribution in [1.82, 2.24) is 4.90 Å². The lowest BCUT2D eigenvalue weighted by Gasteiger charge is -2.41. The normalized spacial score (nSPS) is 32.4. The Bertz CT molecular complexity index is 569. The fourth-order valence-corrected chi connectivity index (χ4v) is 3.07. The zero-order valence-corrected chi connectivity index (χ0v) is 12.2. The van der Waals surface area contributed by atoms with Crippen LogP contribution >= 0.6 is 0 Å². The first-order valence-corrected chi connectivity index (χ1v) is 7.41. The van der Waals surface area contributed by atoms with Crippen LogP contribution in [0.15, 0.2) is 53.4 Å². The van der Waals surface area contributed by atoms with Gasteiger partial charge in [-0.25, -0.2) is 13.8 Å². The molecule has 3 atom stereocenters. The van der Waals surface area contributed by atoms with Gasteiger partial charge in [-0.3, -0.25) is 0 Å². The molecule has 1 aliphatic carbocycles. The van der Waals surface area contributed by atoms with Gasteiger partial charge in [0.25, 0.3) is 0 Å². The van der Waals surface area contributed by atoms with E-state index in [0.29, 0.717) is 23.7 Å². The number of allylic oxidation sites excluding steroid dienone is 3. The van der Waals surface area contributed by atoms with E-state index >= 15 is 0 Å². The summed E-state index contributed by atoms with van der Waals surface area (Å²) in [5.41, 5.74) is 1.76. The van der Waals surface area contributed by atoms with Gasteiger partial charge in [0.05, 0.1) is 6.04 Å². The molecule has 0 aromatic rings. The summed E-state index contributed by atoms with van der Waals surface area (Å²) in [4.78, 5) is 6.35. The fraction of sp³-hybridized carbons (Fsp3) is 0.471. The van der Waals surface area contributed by atoms with Crippen LogP contribution in [0.5, 0.6) is 0 Å². The quantitative estimate of drug-likeness (QED) is 0.550. The average molecular weight is 290 g/mol. The molecule has 2 fully saturated rings. The van der Waals surface area contributed by atoms with Crippen molar-refractivity contribution in [2.45, 2.75) is 44.6 Å². The third kappa shape index (κ3) is 2.37. The number of rotatable bonds is 5. The Morgan fingerprint density at radius 2 is 2.14 bits per heavy atom. The Morgan fingerprint density at radius 3 is 2.71 bits per heavy atom. The minimum absolute atomic E-state index is 0.143. The van der Waals surface area contributed by atoms with Crippen molar-refractivity contribution in [3.63, 3.8) is 0 Å². The summed E-state index contributed by atoms with van der Waals surface area (Å²) in [5.74, 6) is 0.673. The van der Waals surface area contributed by atoms with E-state index in [1.807, 2.05) is 4.90 Å². The Hall–Kier alpha value is -1.71. The molecule has 3 rings (SSSR count). The van der Waals surface area contributed by atoms with Gasteiger partial charge in [0.1, 0.15) is 17.8 Å².